The van der Waals surface area contributed by atoms with Gasteiger partial charge in [-0.3, -0.25) is 4.79 Å². The van der Waals surface area contributed by atoms with Crippen LogP contribution in [0.3, 0.4) is 0 Å². The highest BCUT2D eigenvalue weighted by Crippen LogP contribution is 2.21. The fourth-order valence-electron chi connectivity index (χ4n) is 2.57. The predicted octanol–water partition coefficient (Wildman–Crippen LogP) is 2.42. The smallest absolute Gasteiger partial charge is 0.229 e. The number of hydrogen-bond donors (Lipinski definition) is 1. The lowest BCUT2D eigenvalue weighted by atomic mass is 10.0. The van der Waals surface area contributed by atoms with Crippen molar-refractivity contribution < 1.29 is 9.53 Å². The summed E-state index contributed by atoms with van der Waals surface area (Å²) in [6, 6.07) is 8.14. The maximum Gasteiger partial charge on any atom is 0.229 e. The Morgan fingerprint density at radius 3 is 2.90 bits per heavy atom. The van der Waals surface area contributed by atoms with E-state index in [-0.39, 0.29) is 17.9 Å². The van der Waals surface area contributed by atoms with Gasteiger partial charge in [0.05, 0.1) is 19.1 Å². The van der Waals surface area contributed by atoms with Gasteiger partial charge >= 0.3 is 0 Å². The maximum atomic E-state index is 12.6. The quantitative estimate of drug-likeness (QED) is 0.852. The van der Waals surface area contributed by atoms with Crippen LogP contribution in [0.4, 0.5) is 0 Å². The van der Waals surface area contributed by atoms with E-state index in [1.54, 1.807) is 4.90 Å². The average molecular weight is 355 g/mol. The zero-order chi connectivity index (χ0) is 15.2. The summed E-state index contributed by atoms with van der Waals surface area (Å²) in [5.41, 5.74) is 1.12. The van der Waals surface area contributed by atoms with Crippen molar-refractivity contribution >= 4 is 21.8 Å². The molecule has 2 unspecified atom stereocenters. The molecule has 2 atom stereocenters. The second-order valence-corrected chi connectivity index (χ2v) is 6.34. The fraction of sp³-hybridized carbons (Fsp3) is 0.562. The molecule has 1 aromatic rings. The Labute approximate surface area is 135 Å². The first-order chi connectivity index (χ1) is 10.1. The summed E-state index contributed by atoms with van der Waals surface area (Å²) in [5, 5.41) is 3.41. The average Bonchev–Trinajstić information content (AvgIpc) is 2.95. The Bertz CT molecular complexity index is 481. The van der Waals surface area contributed by atoms with Crippen LogP contribution in [0.25, 0.3) is 0 Å². The molecular formula is C16H23BrN2O2. The Hall–Kier alpha value is -0.910. The van der Waals surface area contributed by atoms with Crippen molar-refractivity contribution in [2.75, 3.05) is 26.8 Å². The van der Waals surface area contributed by atoms with Crippen molar-refractivity contribution in [3.8, 4) is 0 Å². The van der Waals surface area contributed by atoms with Crippen molar-refractivity contribution in [1.29, 1.82) is 0 Å². The van der Waals surface area contributed by atoms with E-state index in [0.717, 1.165) is 23.0 Å². The van der Waals surface area contributed by atoms with Gasteiger partial charge in [0.1, 0.15) is 0 Å². The van der Waals surface area contributed by atoms with Crippen LogP contribution in [0.15, 0.2) is 28.7 Å². The highest BCUT2D eigenvalue weighted by Gasteiger charge is 2.35. The summed E-state index contributed by atoms with van der Waals surface area (Å²) in [6.45, 7) is 4.79. The van der Waals surface area contributed by atoms with Crippen LogP contribution in [0.2, 0.25) is 0 Å². The van der Waals surface area contributed by atoms with E-state index in [4.69, 9.17) is 4.74 Å². The number of halogens is 1. The molecule has 0 radical (unpaired) electrons. The molecule has 1 fully saturated rings. The van der Waals surface area contributed by atoms with E-state index in [1.165, 1.54) is 0 Å². The monoisotopic (exact) mass is 354 g/mol. The largest absolute Gasteiger partial charge is 0.379 e. The van der Waals surface area contributed by atoms with E-state index < -0.39 is 0 Å². The minimum absolute atomic E-state index is 0.0796. The van der Waals surface area contributed by atoms with Crippen molar-refractivity contribution in [2.24, 2.45) is 5.92 Å². The van der Waals surface area contributed by atoms with Crippen molar-refractivity contribution in [3.63, 3.8) is 0 Å². The Morgan fingerprint density at radius 1 is 1.43 bits per heavy atom. The lowest BCUT2D eigenvalue weighted by Crippen LogP contribution is -2.44. The first-order valence-corrected chi connectivity index (χ1v) is 8.22. The molecule has 0 saturated carbocycles. The topological polar surface area (TPSA) is 41.6 Å². The first kappa shape index (κ1) is 16.5. The van der Waals surface area contributed by atoms with Gasteiger partial charge in [0, 0.05) is 24.1 Å². The highest BCUT2D eigenvalue weighted by molar-refractivity contribution is 9.10. The molecule has 0 aromatic heterocycles. The normalized spacial score (nSPS) is 21.5. The van der Waals surface area contributed by atoms with E-state index in [1.807, 2.05) is 31.3 Å². The fourth-order valence-corrected chi connectivity index (χ4v) is 2.98. The molecule has 2 rings (SSSR count). The lowest BCUT2D eigenvalue weighted by molar-refractivity contribution is -0.135. The number of carbonyl (C=O) groups is 1. The van der Waals surface area contributed by atoms with Crippen molar-refractivity contribution in [3.05, 3.63) is 34.3 Å². The van der Waals surface area contributed by atoms with Gasteiger partial charge in [-0.2, -0.15) is 0 Å². The van der Waals surface area contributed by atoms with E-state index in [9.17, 15) is 4.79 Å². The van der Waals surface area contributed by atoms with Crippen molar-refractivity contribution in [1.82, 2.24) is 10.2 Å². The van der Waals surface area contributed by atoms with Crippen LogP contribution in [-0.2, 0) is 16.1 Å². The predicted molar refractivity (Wildman–Crippen MR) is 87.0 cm³/mol. The van der Waals surface area contributed by atoms with Gasteiger partial charge < -0.3 is 15.0 Å². The van der Waals surface area contributed by atoms with Gasteiger partial charge in [-0.1, -0.05) is 41.1 Å². The molecule has 1 amide bonds. The third kappa shape index (κ3) is 4.28. The molecular weight excluding hydrogens is 332 g/mol. The standard InChI is InChI=1S/C16H23BrN2O2/c1-3-8-18-15-11-21-10-13(15)16(20)19(2)9-12-6-4-5-7-14(12)17/h4-7,13,15,18H,3,8-11H2,1-2H3. The molecule has 1 aliphatic rings. The molecule has 0 aliphatic carbocycles. The number of nitrogens with one attached hydrogen (secondary N) is 1. The molecule has 1 saturated heterocycles. The molecule has 5 heteroatoms. The van der Waals surface area contributed by atoms with Crippen LogP contribution >= 0.6 is 15.9 Å². The molecule has 1 aromatic carbocycles. The molecule has 21 heavy (non-hydrogen) atoms. The van der Waals surface area contributed by atoms with Gasteiger partial charge in [-0.25, -0.2) is 0 Å². The number of ether oxygens (including phenoxy) is 1. The van der Waals surface area contributed by atoms with Crippen LogP contribution < -0.4 is 5.32 Å². The summed E-state index contributed by atoms with van der Waals surface area (Å²) >= 11 is 3.53. The summed E-state index contributed by atoms with van der Waals surface area (Å²) in [6.07, 6.45) is 1.06. The molecule has 4 nitrogen and oxygen atoms in total. The molecule has 0 bridgehead atoms. The third-order valence-electron chi connectivity index (χ3n) is 3.80. The molecule has 1 N–H and O–H groups in total. The minimum atomic E-state index is -0.0796. The number of carbonyl (C=O) groups excluding carboxylic acids is 1. The van der Waals surface area contributed by atoms with E-state index in [2.05, 4.69) is 28.2 Å². The van der Waals surface area contributed by atoms with Gasteiger partial charge in [0.25, 0.3) is 0 Å². The summed E-state index contributed by atoms with van der Waals surface area (Å²) < 4.78 is 6.53. The molecule has 1 aliphatic heterocycles. The van der Waals surface area contributed by atoms with E-state index in [0.29, 0.717) is 19.8 Å². The summed E-state index contributed by atoms with van der Waals surface area (Å²) in [4.78, 5) is 14.4. The number of rotatable bonds is 6. The number of amides is 1. The lowest BCUT2D eigenvalue weighted by Gasteiger charge is -2.25. The number of nitrogens with zero attached hydrogens (tertiary/aromatic N) is 1. The minimum Gasteiger partial charge on any atom is -0.379 e. The van der Waals surface area contributed by atoms with Gasteiger partial charge in [-0.05, 0) is 24.6 Å². The Balaban J connectivity index is 1.97. The second-order valence-electron chi connectivity index (χ2n) is 5.49. The zero-order valence-corrected chi connectivity index (χ0v) is 14.2. The number of hydrogen-bond acceptors (Lipinski definition) is 3. The maximum absolute atomic E-state index is 12.6. The van der Waals surface area contributed by atoms with Crippen LogP contribution in [0, 0.1) is 5.92 Å². The van der Waals surface area contributed by atoms with Crippen LogP contribution in [0.5, 0.6) is 0 Å². The van der Waals surface area contributed by atoms with Gasteiger partial charge in [-0.15, -0.1) is 0 Å². The van der Waals surface area contributed by atoms with E-state index >= 15 is 0 Å². The Morgan fingerprint density at radius 2 is 2.19 bits per heavy atom. The molecule has 0 spiro atoms. The highest BCUT2D eigenvalue weighted by atomic mass is 79.9. The van der Waals surface area contributed by atoms with Crippen LogP contribution in [-0.4, -0.2) is 43.7 Å². The second kappa shape index (κ2) is 7.92. The zero-order valence-electron chi connectivity index (χ0n) is 12.6. The van der Waals surface area contributed by atoms with Gasteiger partial charge in [0.2, 0.25) is 5.91 Å². The Kier molecular flexibility index (Phi) is 6.21. The summed E-state index contributed by atoms with van der Waals surface area (Å²) in [5.74, 6) is 0.0703. The number of benzene rings is 1. The SMILES string of the molecule is CCCNC1COCC1C(=O)N(C)Cc1ccccc1Br. The van der Waals surface area contributed by atoms with Gasteiger partial charge in [0.15, 0.2) is 0 Å². The molecule has 1 heterocycles. The summed E-state index contributed by atoms with van der Waals surface area (Å²) in [7, 11) is 1.86. The van der Waals surface area contributed by atoms with Crippen molar-refractivity contribution in [2.45, 2.75) is 25.9 Å². The molecule has 116 valence electrons. The first-order valence-electron chi connectivity index (χ1n) is 7.43. The third-order valence-corrected chi connectivity index (χ3v) is 4.57. The van der Waals surface area contributed by atoms with Crippen LogP contribution in [0.1, 0.15) is 18.9 Å².